The fourth-order valence-corrected chi connectivity index (χ4v) is 2.67. The second kappa shape index (κ2) is 6.35. The normalized spacial score (nSPS) is 16.4. The smallest absolute Gasteiger partial charge is 0.258 e. The molecule has 1 aromatic rings. The first-order chi connectivity index (χ1) is 9.69. The topological polar surface area (TPSA) is 83.5 Å². The van der Waals surface area contributed by atoms with Gasteiger partial charge >= 0.3 is 0 Å². The van der Waals surface area contributed by atoms with Gasteiger partial charge in [0.2, 0.25) is 5.17 Å². The monoisotopic (exact) mass is 369 g/mol. The van der Waals surface area contributed by atoms with E-state index in [0.29, 0.717) is 17.8 Å². The van der Waals surface area contributed by atoms with Crippen LogP contribution in [0.1, 0.15) is 18.9 Å². The van der Waals surface area contributed by atoms with E-state index in [0.717, 1.165) is 17.4 Å². The minimum absolute atomic E-state index is 0. The number of non-ortho nitro benzene ring substituents is 1. The molecule has 0 atom stereocenters. The Hall–Kier alpha value is -1.74. The third kappa shape index (κ3) is 2.98. The van der Waals surface area contributed by atoms with Crippen LogP contribution >= 0.6 is 28.9 Å². The standard InChI is InChI=1S/C12H11N5O2S.BrH/c1-2-11-15-20-12-13-7-10(14-16(11)12)8-4-3-5-9(6-8)17(18)19;/h3-6H,2,7H2,1H3;1H. The number of benzene rings is 1. The van der Waals surface area contributed by atoms with Crippen LogP contribution < -0.4 is 0 Å². The van der Waals surface area contributed by atoms with Crippen LogP contribution in [0.2, 0.25) is 0 Å². The van der Waals surface area contributed by atoms with Gasteiger partial charge in [0.25, 0.3) is 5.69 Å². The van der Waals surface area contributed by atoms with E-state index in [-0.39, 0.29) is 22.7 Å². The third-order valence-corrected chi connectivity index (χ3v) is 3.72. The first-order valence-corrected chi connectivity index (χ1v) is 6.87. The van der Waals surface area contributed by atoms with E-state index in [2.05, 4.69) is 14.5 Å². The van der Waals surface area contributed by atoms with Crippen LogP contribution in [0, 0.1) is 10.1 Å². The van der Waals surface area contributed by atoms with E-state index in [1.54, 1.807) is 17.1 Å². The zero-order valence-corrected chi connectivity index (χ0v) is 13.6. The Bertz CT molecular complexity index is 673. The van der Waals surface area contributed by atoms with Crippen molar-refractivity contribution in [3.63, 3.8) is 0 Å². The maximum absolute atomic E-state index is 10.8. The second-order valence-corrected chi connectivity index (χ2v) is 4.95. The van der Waals surface area contributed by atoms with E-state index in [1.807, 2.05) is 6.92 Å². The Morgan fingerprint density at radius 2 is 2.29 bits per heavy atom. The van der Waals surface area contributed by atoms with Crippen molar-refractivity contribution in [3.8, 4) is 0 Å². The Morgan fingerprint density at radius 3 is 3.00 bits per heavy atom. The summed E-state index contributed by atoms with van der Waals surface area (Å²) in [4.78, 5) is 14.8. The molecule has 0 amide bonds. The molecule has 0 spiro atoms. The van der Waals surface area contributed by atoms with Crippen LogP contribution in [0.3, 0.4) is 0 Å². The minimum atomic E-state index is -0.410. The maximum Gasteiger partial charge on any atom is 0.270 e. The number of hydrogen-bond acceptors (Lipinski definition) is 7. The molecular weight excluding hydrogens is 358 g/mol. The Kier molecular flexibility index (Phi) is 4.73. The lowest BCUT2D eigenvalue weighted by atomic mass is 10.1. The molecule has 7 nitrogen and oxygen atoms in total. The van der Waals surface area contributed by atoms with Crippen molar-refractivity contribution in [1.82, 2.24) is 5.01 Å². The van der Waals surface area contributed by atoms with Crippen LogP contribution in [0.15, 0.2) is 38.8 Å². The lowest BCUT2D eigenvalue weighted by Crippen LogP contribution is -2.31. The largest absolute Gasteiger partial charge is 0.270 e. The summed E-state index contributed by atoms with van der Waals surface area (Å²) in [6, 6.07) is 6.44. The van der Waals surface area contributed by atoms with Gasteiger partial charge in [0, 0.05) is 24.1 Å². The van der Waals surface area contributed by atoms with Gasteiger partial charge in [0.15, 0.2) is 0 Å². The molecule has 3 rings (SSSR count). The summed E-state index contributed by atoms with van der Waals surface area (Å²) in [5.41, 5.74) is 1.48. The van der Waals surface area contributed by atoms with Gasteiger partial charge in [0.05, 0.1) is 29.1 Å². The van der Waals surface area contributed by atoms with Crippen LogP contribution in [-0.2, 0) is 0 Å². The number of halogens is 1. The summed E-state index contributed by atoms with van der Waals surface area (Å²) in [7, 11) is 0. The van der Waals surface area contributed by atoms with E-state index in [4.69, 9.17) is 0 Å². The van der Waals surface area contributed by atoms with Crippen molar-refractivity contribution >= 4 is 51.3 Å². The number of amidine groups is 2. The van der Waals surface area contributed by atoms with Gasteiger partial charge in [-0.05, 0) is 0 Å². The van der Waals surface area contributed by atoms with Gasteiger partial charge in [-0.3, -0.25) is 15.1 Å². The lowest BCUT2D eigenvalue weighted by molar-refractivity contribution is -0.384. The SMILES string of the molecule is Br.CCC1=NSC2=NCC(c3cccc([N+](=O)[O-])c3)=NN12. The van der Waals surface area contributed by atoms with Gasteiger partial charge < -0.3 is 0 Å². The van der Waals surface area contributed by atoms with Gasteiger partial charge in [-0.1, -0.05) is 19.1 Å². The van der Waals surface area contributed by atoms with Crippen LogP contribution in [0.25, 0.3) is 0 Å². The summed E-state index contributed by atoms with van der Waals surface area (Å²) in [6.45, 7) is 2.41. The molecule has 0 N–H and O–H groups in total. The molecule has 0 aromatic heterocycles. The Balaban J connectivity index is 0.00000161. The van der Waals surface area contributed by atoms with Crippen LogP contribution in [0.4, 0.5) is 5.69 Å². The summed E-state index contributed by atoms with van der Waals surface area (Å²) < 4.78 is 4.29. The molecule has 0 saturated carbocycles. The minimum Gasteiger partial charge on any atom is -0.258 e. The number of rotatable bonds is 3. The molecule has 21 heavy (non-hydrogen) atoms. The number of hydrogen-bond donors (Lipinski definition) is 0. The van der Waals surface area contributed by atoms with Crippen molar-refractivity contribution in [2.45, 2.75) is 13.3 Å². The molecule has 2 aliphatic rings. The number of fused-ring (bicyclic) bond motifs is 1. The molecule has 0 saturated heterocycles. The van der Waals surface area contributed by atoms with E-state index in [9.17, 15) is 10.1 Å². The summed E-state index contributed by atoms with van der Waals surface area (Å²) >= 11 is 1.31. The molecule has 2 aliphatic heterocycles. The van der Waals surface area contributed by atoms with Crippen molar-refractivity contribution in [2.75, 3.05) is 6.54 Å². The molecule has 0 unspecified atom stereocenters. The first-order valence-electron chi connectivity index (χ1n) is 6.10. The van der Waals surface area contributed by atoms with Crippen molar-refractivity contribution < 1.29 is 4.92 Å². The second-order valence-electron chi connectivity index (χ2n) is 4.22. The van der Waals surface area contributed by atoms with Crippen LogP contribution in [0.5, 0.6) is 0 Å². The lowest BCUT2D eigenvalue weighted by Gasteiger charge is -2.19. The zero-order valence-electron chi connectivity index (χ0n) is 11.1. The number of hydrazone groups is 1. The average Bonchev–Trinajstić information content (AvgIpc) is 2.89. The highest BCUT2D eigenvalue weighted by molar-refractivity contribution is 8.93. The molecule has 2 heterocycles. The number of nitrogens with zero attached hydrogens (tertiary/aromatic N) is 5. The predicted molar refractivity (Wildman–Crippen MR) is 89.4 cm³/mol. The molecule has 0 fully saturated rings. The van der Waals surface area contributed by atoms with Crippen molar-refractivity contribution in [1.29, 1.82) is 0 Å². The molecule has 0 bridgehead atoms. The highest BCUT2D eigenvalue weighted by Gasteiger charge is 2.27. The predicted octanol–water partition coefficient (Wildman–Crippen LogP) is 3.02. The third-order valence-electron chi connectivity index (χ3n) is 2.95. The van der Waals surface area contributed by atoms with Crippen LogP contribution in [-0.4, -0.2) is 33.2 Å². The highest BCUT2D eigenvalue weighted by atomic mass is 79.9. The molecular formula is C12H12BrN5O2S. The average molecular weight is 370 g/mol. The fraction of sp³-hybridized carbons (Fsp3) is 0.250. The quantitative estimate of drug-likeness (QED) is 0.465. The maximum atomic E-state index is 10.8. The molecule has 0 radical (unpaired) electrons. The number of nitro groups is 1. The van der Waals surface area contributed by atoms with E-state index >= 15 is 0 Å². The Labute approximate surface area is 135 Å². The van der Waals surface area contributed by atoms with E-state index < -0.39 is 4.92 Å². The Morgan fingerprint density at radius 1 is 1.48 bits per heavy atom. The summed E-state index contributed by atoms with van der Waals surface area (Å²) in [5, 5.41) is 17.8. The summed E-state index contributed by atoms with van der Waals surface area (Å²) in [5.74, 6) is 0.844. The number of aliphatic imine (C=N–C) groups is 1. The van der Waals surface area contributed by atoms with E-state index in [1.165, 1.54) is 24.1 Å². The number of nitro benzene ring substituents is 1. The molecule has 0 aliphatic carbocycles. The first kappa shape index (κ1) is 15.6. The summed E-state index contributed by atoms with van der Waals surface area (Å²) in [6.07, 6.45) is 0.762. The van der Waals surface area contributed by atoms with Crippen molar-refractivity contribution in [2.24, 2.45) is 14.5 Å². The highest BCUT2D eigenvalue weighted by Crippen LogP contribution is 2.26. The van der Waals surface area contributed by atoms with Crippen molar-refractivity contribution in [3.05, 3.63) is 39.9 Å². The van der Waals surface area contributed by atoms with Gasteiger partial charge in [-0.25, -0.2) is 0 Å². The zero-order chi connectivity index (χ0) is 14.1. The van der Waals surface area contributed by atoms with Gasteiger partial charge in [-0.15, -0.1) is 17.0 Å². The molecule has 110 valence electrons. The van der Waals surface area contributed by atoms with Gasteiger partial charge in [-0.2, -0.15) is 14.5 Å². The van der Waals surface area contributed by atoms with Gasteiger partial charge in [0.1, 0.15) is 5.84 Å². The molecule has 1 aromatic carbocycles. The molecule has 9 heteroatoms. The fourth-order valence-electron chi connectivity index (χ4n) is 1.93.